The summed E-state index contributed by atoms with van der Waals surface area (Å²) in [5.74, 6) is -0.504. The SMILES string of the molecule is Cc1cccc(O[C@@H](C)C(=O)NNC(=O)c2ccc(CS(C)(=O)=O)cc2)c1C. The van der Waals surface area contributed by atoms with Crippen LogP contribution in [-0.2, 0) is 20.4 Å². The minimum atomic E-state index is -3.14. The molecule has 28 heavy (non-hydrogen) atoms. The number of aryl methyl sites for hydroxylation is 1. The van der Waals surface area contributed by atoms with Gasteiger partial charge in [0.1, 0.15) is 5.75 Å². The van der Waals surface area contributed by atoms with E-state index in [0.717, 1.165) is 17.4 Å². The van der Waals surface area contributed by atoms with E-state index in [0.29, 0.717) is 16.9 Å². The molecular formula is C20H24N2O5S. The lowest BCUT2D eigenvalue weighted by Gasteiger charge is -2.17. The molecule has 0 bridgehead atoms. The number of sulfone groups is 1. The van der Waals surface area contributed by atoms with Crippen LogP contribution in [0, 0.1) is 13.8 Å². The van der Waals surface area contributed by atoms with Crippen molar-refractivity contribution in [3.63, 3.8) is 0 Å². The summed E-state index contributed by atoms with van der Waals surface area (Å²) in [6.07, 6.45) is 0.336. The van der Waals surface area contributed by atoms with E-state index in [-0.39, 0.29) is 5.75 Å². The molecule has 0 aromatic heterocycles. The molecule has 0 fully saturated rings. The van der Waals surface area contributed by atoms with Crippen molar-refractivity contribution >= 4 is 21.7 Å². The number of benzene rings is 2. The van der Waals surface area contributed by atoms with Crippen molar-refractivity contribution in [1.82, 2.24) is 10.9 Å². The van der Waals surface area contributed by atoms with Crippen molar-refractivity contribution < 1.29 is 22.7 Å². The zero-order valence-corrected chi connectivity index (χ0v) is 17.1. The summed E-state index contributed by atoms with van der Waals surface area (Å²) in [7, 11) is -3.14. The zero-order chi connectivity index (χ0) is 20.9. The summed E-state index contributed by atoms with van der Waals surface area (Å²) in [5.41, 5.74) is 7.52. The molecule has 8 heteroatoms. The van der Waals surface area contributed by atoms with Crippen LogP contribution in [0.5, 0.6) is 5.75 Å². The molecule has 0 aliphatic rings. The molecule has 2 rings (SSSR count). The fourth-order valence-corrected chi connectivity index (χ4v) is 3.24. The summed E-state index contributed by atoms with van der Waals surface area (Å²) in [5, 5.41) is 0. The highest BCUT2D eigenvalue weighted by Crippen LogP contribution is 2.21. The molecular weight excluding hydrogens is 380 g/mol. The number of rotatable bonds is 6. The monoisotopic (exact) mass is 404 g/mol. The molecule has 0 aliphatic heterocycles. The van der Waals surface area contributed by atoms with Crippen LogP contribution in [0.3, 0.4) is 0 Å². The number of amides is 2. The predicted octanol–water partition coefficient (Wildman–Crippen LogP) is 2.08. The number of hydrogen-bond acceptors (Lipinski definition) is 5. The third kappa shape index (κ3) is 6.09. The summed E-state index contributed by atoms with van der Waals surface area (Å²) in [6, 6.07) is 11.7. The lowest BCUT2D eigenvalue weighted by atomic mass is 10.1. The minimum Gasteiger partial charge on any atom is -0.481 e. The van der Waals surface area contributed by atoms with Crippen molar-refractivity contribution in [2.45, 2.75) is 32.6 Å². The molecule has 1 atom stereocenters. The van der Waals surface area contributed by atoms with E-state index in [9.17, 15) is 18.0 Å². The molecule has 2 aromatic rings. The standard InChI is InChI=1S/C20H24N2O5S/c1-13-6-5-7-18(14(13)2)27-15(3)19(23)21-22-20(24)17-10-8-16(9-11-17)12-28(4,25)26/h5-11,15H,12H2,1-4H3,(H,21,23)(H,22,24)/t15-/m0/s1. The van der Waals surface area contributed by atoms with Crippen LogP contribution < -0.4 is 15.6 Å². The van der Waals surface area contributed by atoms with Crippen molar-refractivity contribution in [3.8, 4) is 5.75 Å². The number of hydrazine groups is 1. The third-order valence-corrected chi connectivity index (χ3v) is 5.03. The van der Waals surface area contributed by atoms with E-state index in [1.165, 1.54) is 12.1 Å². The van der Waals surface area contributed by atoms with Crippen LogP contribution in [0.15, 0.2) is 42.5 Å². The van der Waals surface area contributed by atoms with Crippen LogP contribution >= 0.6 is 0 Å². The normalized spacial score (nSPS) is 12.1. The Morgan fingerprint density at radius 2 is 1.68 bits per heavy atom. The fourth-order valence-electron chi connectivity index (χ4n) is 2.44. The van der Waals surface area contributed by atoms with E-state index < -0.39 is 27.8 Å². The fraction of sp³-hybridized carbons (Fsp3) is 0.300. The summed E-state index contributed by atoms with van der Waals surface area (Å²) < 4.78 is 28.3. The first-order valence-corrected chi connectivity index (χ1v) is 10.7. The minimum absolute atomic E-state index is 0.0983. The number of ether oxygens (including phenoxy) is 1. The van der Waals surface area contributed by atoms with Gasteiger partial charge in [-0.05, 0) is 55.7 Å². The maximum absolute atomic E-state index is 12.2. The maximum atomic E-state index is 12.2. The Morgan fingerprint density at radius 3 is 2.29 bits per heavy atom. The number of carbonyl (C=O) groups excluding carboxylic acids is 2. The largest absolute Gasteiger partial charge is 0.481 e. The van der Waals surface area contributed by atoms with Crippen molar-refractivity contribution in [3.05, 3.63) is 64.7 Å². The molecule has 150 valence electrons. The molecule has 0 saturated heterocycles. The van der Waals surface area contributed by atoms with Gasteiger partial charge in [-0.2, -0.15) is 0 Å². The Hall–Kier alpha value is -2.87. The van der Waals surface area contributed by atoms with Crippen LogP contribution in [0.1, 0.15) is 34.0 Å². The number of carbonyl (C=O) groups is 2. The van der Waals surface area contributed by atoms with E-state index >= 15 is 0 Å². The molecule has 0 radical (unpaired) electrons. The van der Waals surface area contributed by atoms with Crippen molar-refractivity contribution in [1.29, 1.82) is 0 Å². The molecule has 0 saturated carbocycles. The zero-order valence-electron chi connectivity index (χ0n) is 16.3. The van der Waals surface area contributed by atoms with Crippen LogP contribution in [-0.4, -0.2) is 32.6 Å². The van der Waals surface area contributed by atoms with Gasteiger partial charge in [0, 0.05) is 11.8 Å². The van der Waals surface area contributed by atoms with Crippen LogP contribution in [0.25, 0.3) is 0 Å². The lowest BCUT2D eigenvalue weighted by molar-refractivity contribution is -0.128. The van der Waals surface area contributed by atoms with Crippen LogP contribution in [0.2, 0.25) is 0 Å². The number of nitrogens with one attached hydrogen (secondary N) is 2. The highest BCUT2D eigenvalue weighted by molar-refractivity contribution is 7.89. The average molecular weight is 404 g/mol. The van der Waals surface area contributed by atoms with E-state index in [1.807, 2.05) is 26.0 Å². The highest BCUT2D eigenvalue weighted by atomic mass is 32.2. The predicted molar refractivity (Wildman–Crippen MR) is 107 cm³/mol. The molecule has 2 amide bonds. The summed E-state index contributed by atoms with van der Waals surface area (Å²) in [6.45, 7) is 5.45. The van der Waals surface area contributed by atoms with Gasteiger partial charge < -0.3 is 4.74 Å². The van der Waals surface area contributed by atoms with Gasteiger partial charge in [0.2, 0.25) is 0 Å². The maximum Gasteiger partial charge on any atom is 0.279 e. The molecule has 2 N–H and O–H groups in total. The summed E-state index contributed by atoms with van der Waals surface area (Å²) >= 11 is 0. The van der Waals surface area contributed by atoms with Crippen molar-refractivity contribution in [2.75, 3.05) is 6.26 Å². The van der Waals surface area contributed by atoms with Gasteiger partial charge >= 0.3 is 0 Å². The first kappa shape index (κ1) is 21.4. The van der Waals surface area contributed by atoms with E-state index in [1.54, 1.807) is 25.1 Å². The molecule has 0 heterocycles. The van der Waals surface area contributed by atoms with Crippen molar-refractivity contribution in [2.24, 2.45) is 0 Å². The smallest absolute Gasteiger partial charge is 0.279 e. The summed E-state index contributed by atoms with van der Waals surface area (Å²) in [4.78, 5) is 24.3. The van der Waals surface area contributed by atoms with Crippen LogP contribution in [0.4, 0.5) is 0 Å². The van der Waals surface area contributed by atoms with Gasteiger partial charge in [0.25, 0.3) is 11.8 Å². The Bertz CT molecular complexity index is 969. The first-order chi connectivity index (χ1) is 13.1. The van der Waals surface area contributed by atoms with E-state index in [2.05, 4.69) is 10.9 Å². The second kappa shape index (κ2) is 8.88. The molecule has 0 spiro atoms. The van der Waals surface area contributed by atoms with Gasteiger partial charge in [-0.15, -0.1) is 0 Å². The topological polar surface area (TPSA) is 102 Å². The first-order valence-electron chi connectivity index (χ1n) is 8.66. The molecule has 0 aliphatic carbocycles. The Kier molecular flexibility index (Phi) is 6.80. The van der Waals surface area contributed by atoms with Gasteiger partial charge in [0.15, 0.2) is 15.9 Å². The second-order valence-corrected chi connectivity index (χ2v) is 8.81. The molecule has 2 aromatic carbocycles. The van der Waals surface area contributed by atoms with Gasteiger partial charge in [0.05, 0.1) is 5.75 Å². The third-order valence-electron chi connectivity index (χ3n) is 4.17. The second-order valence-electron chi connectivity index (χ2n) is 6.67. The van der Waals surface area contributed by atoms with Gasteiger partial charge in [-0.25, -0.2) is 8.42 Å². The number of hydrogen-bond donors (Lipinski definition) is 2. The average Bonchev–Trinajstić information content (AvgIpc) is 2.62. The highest BCUT2D eigenvalue weighted by Gasteiger charge is 2.17. The van der Waals surface area contributed by atoms with Gasteiger partial charge in [-0.1, -0.05) is 24.3 Å². The molecule has 0 unspecified atom stereocenters. The lowest BCUT2D eigenvalue weighted by Crippen LogP contribution is -2.47. The Balaban J connectivity index is 1.91. The quantitative estimate of drug-likeness (QED) is 0.718. The molecule has 7 nitrogen and oxygen atoms in total. The van der Waals surface area contributed by atoms with Gasteiger partial charge in [-0.3, -0.25) is 20.4 Å². The Morgan fingerprint density at radius 1 is 1.04 bits per heavy atom. The Labute approximate surface area is 165 Å². The van der Waals surface area contributed by atoms with E-state index in [4.69, 9.17) is 4.74 Å².